The van der Waals surface area contributed by atoms with Crippen molar-refractivity contribution in [3.05, 3.63) is 70.7 Å². The zero-order chi connectivity index (χ0) is 19.1. The van der Waals surface area contributed by atoms with Gasteiger partial charge in [0.15, 0.2) is 0 Å². The van der Waals surface area contributed by atoms with Crippen molar-refractivity contribution < 1.29 is 9.53 Å². The molecule has 1 aliphatic heterocycles. The molecule has 0 aliphatic carbocycles. The van der Waals surface area contributed by atoms with Crippen LogP contribution >= 0.6 is 11.6 Å². The average Bonchev–Trinajstić information content (AvgIpc) is 2.70. The van der Waals surface area contributed by atoms with Crippen LogP contribution in [0.2, 0.25) is 5.02 Å². The van der Waals surface area contributed by atoms with Crippen molar-refractivity contribution >= 4 is 17.5 Å². The molecule has 5 heteroatoms. The number of nitrogens with one attached hydrogen (secondary N) is 1. The minimum Gasteiger partial charge on any atom is -0.383 e. The fourth-order valence-electron chi connectivity index (χ4n) is 3.76. The Morgan fingerprint density at radius 3 is 2.63 bits per heavy atom. The largest absolute Gasteiger partial charge is 0.383 e. The second-order valence-electron chi connectivity index (χ2n) is 7.11. The van der Waals surface area contributed by atoms with Gasteiger partial charge in [-0.25, -0.2) is 0 Å². The first-order valence-corrected chi connectivity index (χ1v) is 9.82. The molecule has 2 unspecified atom stereocenters. The molecule has 0 bridgehead atoms. The summed E-state index contributed by atoms with van der Waals surface area (Å²) in [7, 11) is 1.64. The molecule has 1 saturated heterocycles. The Hall–Kier alpha value is -1.88. The van der Waals surface area contributed by atoms with Crippen LogP contribution < -0.4 is 5.32 Å². The molecule has 3 rings (SSSR count). The summed E-state index contributed by atoms with van der Waals surface area (Å²) in [5, 5.41) is 3.78. The van der Waals surface area contributed by atoms with Gasteiger partial charge in [-0.1, -0.05) is 60.1 Å². The highest BCUT2D eigenvalue weighted by atomic mass is 35.5. The van der Waals surface area contributed by atoms with Crippen LogP contribution in [0.5, 0.6) is 0 Å². The van der Waals surface area contributed by atoms with Crippen LogP contribution in [0.25, 0.3) is 0 Å². The fourth-order valence-corrected chi connectivity index (χ4v) is 3.96. The molecular weight excluding hydrogens is 360 g/mol. The van der Waals surface area contributed by atoms with Gasteiger partial charge in [-0.3, -0.25) is 9.69 Å². The van der Waals surface area contributed by atoms with E-state index in [9.17, 15) is 4.79 Å². The van der Waals surface area contributed by atoms with E-state index < -0.39 is 0 Å². The van der Waals surface area contributed by atoms with E-state index in [0.29, 0.717) is 19.1 Å². The Morgan fingerprint density at radius 1 is 1.15 bits per heavy atom. The number of hydrogen-bond donors (Lipinski definition) is 1. The van der Waals surface area contributed by atoms with E-state index >= 15 is 0 Å². The Balaban J connectivity index is 1.74. The number of likely N-dealkylation sites (tertiary alicyclic amines) is 1. The molecule has 0 radical (unpaired) electrons. The van der Waals surface area contributed by atoms with Gasteiger partial charge in [0.05, 0.1) is 12.5 Å². The molecule has 2 aromatic carbocycles. The fraction of sp³-hybridized carbons (Fsp3) is 0.409. The first-order chi connectivity index (χ1) is 13.2. The molecule has 1 fully saturated rings. The molecule has 1 heterocycles. The van der Waals surface area contributed by atoms with Gasteiger partial charge in [0, 0.05) is 38.3 Å². The van der Waals surface area contributed by atoms with E-state index in [1.807, 2.05) is 24.3 Å². The summed E-state index contributed by atoms with van der Waals surface area (Å²) in [6.45, 7) is 3.51. The van der Waals surface area contributed by atoms with Crippen LogP contribution in [0.3, 0.4) is 0 Å². The number of ether oxygens (including phenoxy) is 1. The number of piperidine rings is 1. The third-order valence-corrected chi connectivity index (χ3v) is 5.49. The van der Waals surface area contributed by atoms with Gasteiger partial charge in [0.25, 0.3) is 0 Å². The average molecular weight is 387 g/mol. The summed E-state index contributed by atoms with van der Waals surface area (Å²) < 4.78 is 5.04. The number of carbonyl (C=O) groups excluding carboxylic acids is 1. The van der Waals surface area contributed by atoms with E-state index in [1.165, 1.54) is 5.56 Å². The minimum absolute atomic E-state index is 0.0386. The molecule has 2 aromatic rings. The highest BCUT2D eigenvalue weighted by molar-refractivity contribution is 6.31. The maximum absolute atomic E-state index is 12.7. The maximum Gasteiger partial charge on any atom is 0.224 e. The lowest BCUT2D eigenvalue weighted by Gasteiger charge is -2.37. The number of amides is 1. The maximum atomic E-state index is 12.7. The minimum atomic E-state index is -0.0386. The summed E-state index contributed by atoms with van der Waals surface area (Å²) >= 11 is 6.36. The summed E-state index contributed by atoms with van der Waals surface area (Å²) in [5.74, 6) is 0.403. The molecule has 1 N–H and O–H groups in total. The second kappa shape index (κ2) is 9.88. The van der Waals surface area contributed by atoms with Crippen LogP contribution in [-0.4, -0.2) is 44.2 Å². The van der Waals surface area contributed by atoms with E-state index in [2.05, 4.69) is 40.5 Å². The van der Waals surface area contributed by atoms with Crippen molar-refractivity contribution in [2.75, 3.05) is 33.4 Å². The molecule has 2 atom stereocenters. The number of methoxy groups -OCH3 is 1. The molecular formula is C22H27ClN2O2. The van der Waals surface area contributed by atoms with Gasteiger partial charge in [-0.05, 0) is 29.5 Å². The molecule has 0 aromatic heterocycles. The number of hydrogen-bond acceptors (Lipinski definition) is 3. The third-order valence-electron chi connectivity index (χ3n) is 5.13. The molecule has 0 saturated carbocycles. The van der Waals surface area contributed by atoms with E-state index in [1.54, 1.807) is 7.11 Å². The predicted octanol–water partition coefficient (Wildman–Crippen LogP) is 3.71. The van der Waals surface area contributed by atoms with Gasteiger partial charge in [0.2, 0.25) is 5.91 Å². The Labute approximate surface area is 166 Å². The van der Waals surface area contributed by atoms with Crippen molar-refractivity contribution in [2.45, 2.75) is 18.9 Å². The van der Waals surface area contributed by atoms with Gasteiger partial charge in [-0.15, -0.1) is 0 Å². The molecule has 1 aliphatic rings. The van der Waals surface area contributed by atoms with Crippen molar-refractivity contribution in [1.29, 1.82) is 0 Å². The Morgan fingerprint density at radius 2 is 1.89 bits per heavy atom. The topological polar surface area (TPSA) is 41.6 Å². The molecule has 1 amide bonds. The van der Waals surface area contributed by atoms with E-state index in [4.69, 9.17) is 16.3 Å². The molecule has 144 valence electrons. The number of carbonyl (C=O) groups is 1. The third kappa shape index (κ3) is 5.55. The lowest BCUT2D eigenvalue weighted by Crippen LogP contribution is -2.46. The first-order valence-electron chi connectivity index (χ1n) is 9.44. The van der Waals surface area contributed by atoms with E-state index in [0.717, 1.165) is 36.6 Å². The first kappa shape index (κ1) is 19.9. The summed E-state index contributed by atoms with van der Waals surface area (Å²) in [6, 6.07) is 18.4. The normalized spacial score (nSPS) is 20.4. The zero-order valence-electron chi connectivity index (χ0n) is 15.7. The Bertz CT molecular complexity index is 738. The number of halogens is 1. The monoisotopic (exact) mass is 386 g/mol. The van der Waals surface area contributed by atoms with Crippen molar-refractivity contribution in [3.8, 4) is 0 Å². The summed E-state index contributed by atoms with van der Waals surface area (Å²) in [4.78, 5) is 15.0. The van der Waals surface area contributed by atoms with Crippen LogP contribution in [0.15, 0.2) is 54.6 Å². The van der Waals surface area contributed by atoms with Crippen LogP contribution in [0.4, 0.5) is 0 Å². The van der Waals surface area contributed by atoms with Gasteiger partial charge in [0.1, 0.15) is 0 Å². The predicted molar refractivity (Wildman–Crippen MR) is 109 cm³/mol. The van der Waals surface area contributed by atoms with Gasteiger partial charge < -0.3 is 10.1 Å². The van der Waals surface area contributed by atoms with Crippen molar-refractivity contribution in [1.82, 2.24) is 10.2 Å². The summed E-state index contributed by atoms with van der Waals surface area (Å²) in [6.07, 6.45) is 0.863. The quantitative estimate of drug-likeness (QED) is 0.737. The van der Waals surface area contributed by atoms with Gasteiger partial charge >= 0.3 is 0 Å². The molecule has 27 heavy (non-hydrogen) atoms. The zero-order valence-corrected chi connectivity index (χ0v) is 16.5. The highest BCUT2D eigenvalue weighted by Crippen LogP contribution is 2.32. The number of rotatable bonds is 7. The second-order valence-corrected chi connectivity index (χ2v) is 7.52. The van der Waals surface area contributed by atoms with Crippen LogP contribution in [0, 0.1) is 5.92 Å². The number of nitrogens with zero attached hydrogens (tertiary/aromatic N) is 1. The smallest absolute Gasteiger partial charge is 0.224 e. The standard InChI is InChI=1S/C22H27ClN2O2/c1-27-12-11-24-22(26)20-13-19(17-7-3-2-4-8-17)15-25(16-20)14-18-9-5-6-10-21(18)23/h2-10,19-20H,11-16H2,1H3,(H,24,26). The van der Waals surface area contributed by atoms with Crippen molar-refractivity contribution in [2.24, 2.45) is 5.92 Å². The SMILES string of the molecule is COCCNC(=O)C1CC(c2ccccc2)CN(Cc2ccccc2Cl)C1. The van der Waals surface area contributed by atoms with Crippen LogP contribution in [0.1, 0.15) is 23.5 Å². The molecule has 4 nitrogen and oxygen atoms in total. The lowest BCUT2D eigenvalue weighted by atomic mass is 9.84. The van der Waals surface area contributed by atoms with Gasteiger partial charge in [-0.2, -0.15) is 0 Å². The highest BCUT2D eigenvalue weighted by Gasteiger charge is 2.32. The lowest BCUT2D eigenvalue weighted by molar-refractivity contribution is -0.127. The summed E-state index contributed by atoms with van der Waals surface area (Å²) in [5.41, 5.74) is 2.39. The Kier molecular flexibility index (Phi) is 7.27. The van der Waals surface area contributed by atoms with E-state index in [-0.39, 0.29) is 11.8 Å². The van der Waals surface area contributed by atoms with Crippen LogP contribution in [-0.2, 0) is 16.1 Å². The van der Waals surface area contributed by atoms with Crippen molar-refractivity contribution in [3.63, 3.8) is 0 Å². The number of benzene rings is 2. The molecule has 0 spiro atoms.